The van der Waals surface area contributed by atoms with Gasteiger partial charge in [-0.15, -0.1) is 0 Å². The average molecular weight is 261 g/mol. The lowest BCUT2D eigenvalue weighted by Gasteiger charge is -2.19. The molecule has 102 valence electrons. The van der Waals surface area contributed by atoms with E-state index in [0.717, 1.165) is 17.0 Å². The summed E-state index contributed by atoms with van der Waals surface area (Å²) in [5.41, 5.74) is 4.98. The van der Waals surface area contributed by atoms with Gasteiger partial charge in [-0.3, -0.25) is 0 Å². The molecule has 2 rings (SSSR count). The van der Waals surface area contributed by atoms with E-state index in [-0.39, 0.29) is 5.41 Å². The summed E-state index contributed by atoms with van der Waals surface area (Å²) in [6, 6.07) is 1.85. The van der Waals surface area contributed by atoms with Gasteiger partial charge in [-0.1, -0.05) is 25.9 Å². The van der Waals surface area contributed by atoms with Crippen molar-refractivity contribution in [1.82, 2.24) is 15.1 Å². The van der Waals surface area contributed by atoms with Gasteiger partial charge in [0, 0.05) is 11.5 Å². The molecule has 0 fully saturated rings. The molecule has 0 saturated carbocycles. The lowest BCUT2D eigenvalue weighted by atomic mass is 9.91. The molecular weight excluding hydrogens is 242 g/mol. The Hall–Kier alpha value is -1.95. The van der Waals surface area contributed by atoms with Crippen LogP contribution in [0.15, 0.2) is 10.6 Å². The predicted molar refractivity (Wildman–Crippen MR) is 73.5 cm³/mol. The highest BCUT2D eigenvalue weighted by Gasteiger charge is 2.21. The van der Waals surface area contributed by atoms with E-state index in [9.17, 15) is 0 Å². The minimum atomic E-state index is -0.0950. The molecule has 0 atom stereocenters. The number of nitrogens with one attached hydrogen (secondary N) is 1. The number of nitrogen functional groups attached to an aromatic ring is 1. The lowest BCUT2D eigenvalue weighted by molar-refractivity contribution is 0.393. The maximum atomic E-state index is 5.48. The predicted octanol–water partition coefficient (Wildman–Crippen LogP) is 2.33. The van der Waals surface area contributed by atoms with Crippen molar-refractivity contribution < 1.29 is 4.52 Å². The van der Waals surface area contributed by atoms with Gasteiger partial charge in [0.05, 0.1) is 17.0 Å². The van der Waals surface area contributed by atoms with Gasteiger partial charge in [0.25, 0.3) is 0 Å². The van der Waals surface area contributed by atoms with Crippen molar-refractivity contribution in [2.75, 3.05) is 5.43 Å². The maximum absolute atomic E-state index is 5.48. The molecule has 6 heteroatoms. The van der Waals surface area contributed by atoms with E-state index in [1.54, 1.807) is 0 Å². The Bertz CT molecular complexity index is 578. The number of hydrogen-bond donors (Lipinski definition) is 2. The van der Waals surface area contributed by atoms with Crippen molar-refractivity contribution in [1.29, 1.82) is 0 Å². The van der Waals surface area contributed by atoms with Crippen molar-refractivity contribution in [2.45, 2.75) is 40.0 Å². The van der Waals surface area contributed by atoms with Gasteiger partial charge in [-0.05, 0) is 13.8 Å². The smallest absolute Gasteiger partial charge is 0.167 e. The van der Waals surface area contributed by atoms with E-state index in [1.807, 2.05) is 19.9 Å². The Morgan fingerprint density at radius 3 is 2.37 bits per heavy atom. The van der Waals surface area contributed by atoms with Crippen molar-refractivity contribution in [3.63, 3.8) is 0 Å². The van der Waals surface area contributed by atoms with Gasteiger partial charge >= 0.3 is 0 Å². The van der Waals surface area contributed by atoms with Crippen LogP contribution >= 0.6 is 0 Å². The summed E-state index contributed by atoms with van der Waals surface area (Å²) in [6.07, 6.45) is 0. The molecular formula is C13H19N5O. The second-order valence-electron chi connectivity index (χ2n) is 5.56. The largest absolute Gasteiger partial charge is 0.361 e. The molecule has 3 N–H and O–H groups in total. The minimum absolute atomic E-state index is 0.0950. The molecule has 0 aromatic carbocycles. The molecule has 19 heavy (non-hydrogen) atoms. The molecule has 0 radical (unpaired) electrons. The fourth-order valence-corrected chi connectivity index (χ4v) is 1.82. The first-order valence-electron chi connectivity index (χ1n) is 6.12. The SMILES string of the molecule is Cc1noc(C)c1-c1nc(NN)cc(C(C)(C)C)n1. The highest BCUT2D eigenvalue weighted by molar-refractivity contribution is 5.62. The van der Waals surface area contributed by atoms with Gasteiger partial charge in [0.2, 0.25) is 0 Å². The Balaban J connectivity index is 2.64. The standard InChI is InChI=1S/C13H19N5O/c1-7-11(8(2)19-18-7)12-15-9(13(3,4)5)6-10(16-12)17-14/h6H,14H2,1-5H3,(H,15,16,17). The summed E-state index contributed by atoms with van der Waals surface area (Å²) < 4.78 is 5.17. The normalized spacial score (nSPS) is 11.7. The zero-order valence-electron chi connectivity index (χ0n) is 11.9. The van der Waals surface area contributed by atoms with Crippen molar-refractivity contribution in [2.24, 2.45) is 5.84 Å². The van der Waals surface area contributed by atoms with Crippen molar-refractivity contribution in [3.05, 3.63) is 23.2 Å². The van der Waals surface area contributed by atoms with Crippen LogP contribution in [0.3, 0.4) is 0 Å². The van der Waals surface area contributed by atoms with E-state index in [4.69, 9.17) is 10.4 Å². The summed E-state index contributed by atoms with van der Waals surface area (Å²) in [6.45, 7) is 9.98. The number of anilines is 1. The lowest BCUT2D eigenvalue weighted by Crippen LogP contribution is -2.17. The number of rotatable bonds is 2. The third-order valence-corrected chi connectivity index (χ3v) is 2.90. The van der Waals surface area contributed by atoms with Crippen molar-refractivity contribution >= 4 is 5.82 Å². The Morgan fingerprint density at radius 2 is 1.89 bits per heavy atom. The highest BCUT2D eigenvalue weighted by Crippen LogP contribution is 2.28. The summed E-state index contributed by atoms with van der Waals surface area (Å²) >= 11 is 0. The number of nitrogens with two attached hydrogens (primary N) is 1. The minimum Gasteiger partial charge on any atom is -0.361 e. The molecule has 0 unspecified atom stereocenters. The number of hydrazine groups is 1. The number of nitrogens with zero attached hydrogens (tertiary/aromatic N) is 3. The molecule has 0 aliphatic heterocycles. The molecule has 2 aromatic rings. The molecule has 2 heterocycles. The fourth-order valence-electron chi connectivity index (χ4n) is 1.82. The summed E-state index contributed by atoms with van der Waals surface area (Å²) in [5, 5.41) is 3.93. The Kier molecular flexibility index (Phi) is 3.28. The summed E-state index contributed by atoms with van der Waals surface area (Å²) in [4.78, 5) is 8.99. The third kappa shape index (κ3) is 2.58. The molecule has 0 saturated heterocycles. The fraction of sp³-hybridized carbons (Fsp3) is 0.462. The van der Waals surface area contributed by atoms with Crippen LogP contribution in [0, 0.1) is 13.8 Å². The van der Waals surface area contributed by atoms with E-state index >= 15 is 0 Å². The monoisotopic (exact) mass is 261 g/mol. The second-order valence-corrected chi connectivity index (χ2v) is 5.56. The molecule has 0 spiro atoms. The van der Waals surface area contributed by atoms with E-state index in [2.05, 4.69) is 41.3 Å². The first-order chi connectivity index (χ1) is 8.82. The first kappa shape index (κ1) is 13.5. The van der Waals surface area contributed by atoms with Gasteiger partial charge in [0.15, 0.2) is 5.82 Å². The van der Waals surface area contributed by atoms with Crippen LogP contribution in [0.5, 0.6) is 0 Å². The molecule has 0 bridgehead atoms. The highest BCUT2D eigenvalue weighted by atomic mass is 16.5. The van der Waals surface area contributed by atoms with Crippen LogP contribution in [0.1, 0.15) is 37.9 Å². The Labute approximate surface area is 112 Å². The van der Waals surface area contributed by atoms with Crippen LogP contribution in [0.25, 0.3) is 11.4 Å². The third-order valence-electron chi connectivity index (χ3n) is 2.90. The zero-order chi connectivity index (χ0) is 14.2. The number of aryl methyl sites for hydroxylation is 2. The van der Waals surface area contributed by atoms with Crippen LogP contribution < -0.4 is 11.3 Å². The Morgan fingerprint density at radius 1 is 1.21 bits per heavy atom. The first-order valence-corrected chi connectivity index (χ1v) is 6.12. The molecule has 2 aromatic heterocycles. The van der Waals surface area contributed by atoms with Crippen LogP contribution in [0.2, 0.25) is 0 Å². The molecule has 0 aliphatic rings. The van der Waals surface area contributed by atoms with Crippen LogP contribution in [0.4, 0.5) is 5.82 Å². The van der Waals surface area contributed by atoms with Gasteiger partial charge in [-0.25, -0.2) is 15.8 Å². The number of hydrogen-bond acceptors (Lipinski definition) is 6. The summed E-state index contributed by atoms with van der Waals surface area (Å²) in [5.74, 6) is 7.34. The topological polar surface area (TPSA) is 89.9 Å². The summed E-state index contributed by atoms with van der Waals surface area (Å²) in [7, 11) is 0. The maximum Gasteiger partial charge on any atom is 0.167 e. The van der Waals surface area contributed by atoms with E-state index in [0.29, 0.717) is 17.4 Å². The number of aromatic nitrogens is 3. The molecule has 0 aliphatic carbocycles. The zero-order valence-corrected chi connectivity index (χ0v) is 11.9. The van der Waals surface area contributed by atoms with Crippen LogP contribution in [-0.2, 0) is 5.41 Å². The van der Waals surface area contributed by atoms with Gasteiger partial charge < -0.3 is 9.95 Å². The van der Waals surface area contributed by atoms with Gasteiger partial charge in [0.1, 0.15) is 11.6 Å². The van der Waals surface area contributed by atoms with Crippen LogP contribution in [-0.4, -0.2) is 15.1 Å². The van der Waals surface area contributed by atoms with E-state index in [1.165, 1.54) is 0 Å². The molecule has 0 amide bonds. The second kappa shape index (κ2) is 4.62. The average Bonchev–Trinajstić information content (AvgIpc) is 2.67. The van der Waals surface area contributed by atoms with Crippen molar-refractivity contribution in [3.8, 4) is 11.4 Å². The van der Waals surface area contributed by atoms with Gasteiger partial charge in [-0.2, -0.15) is 0 Å². The molecule has 6 nitrogen and oxygen atoms in total. The quantitative estimate of drug-likeness (QED) is 0.637. The van der Waals surface area contributed by atoms with E-state index < -0.39 is 0 Å².